The molecule has 0 aliphatic carbocycles. The first-order chi connectivity index (χ1) is 13.0. The zero-order valence-electron chi connectivity index (χ0n) is 15.7. The highest BCUT2D eigenvalue weighted by molar-refractivity contribution is 5.95. The largest absolute Gasteiger partial charge is 0.467 e. The highest BCUT2D eigenvalue weighted by Crippen LogP contribution is 2.20. The van der Waals surface area contributed by atoms with Crippen LogP contribution in [-0.4, -0.2) is 32.4 Å². The molecule has 0 saturated carbocycles. The molecule has 3 heterocycles. The predicted octanol–water partition coefficient (Wildman–Crippen LogP) is 3.89. The fourth-order valence-electron chi connectivity index (χ4n) is 3.40. The Bertz CT molecular complexity index is 1060. The third kappa shape index (κ3) is 3.26. The second-order valence-corrected chi connectivity index (χ2v) is 6.81. The van der Waals surface area contributed by atoms with E-state index in [9.17, 15) is 4.79 Å². The summed E-state index contributed by atoms with van der Waals surface area (Å²) in [5.74, 6) is 1.62. The number of hydrogen-bond acceptors (Lipinski definition) is 3. The van der Waals surface area contributed by atoms with Crippen LogP contribution in [0.4, 0.5) is 0 Å². The summed E-state index contributed by atoms with van der Waals surface area (Å²) in [6.07, 6.45) is 1.66. The van der Waals surface area contributed by atoms with Crippen LogP contribution in [0.1, 0.15) is 33.3 Å². The molecule has 0 atom stereocenters. The number of nitrogens with zero attached hydrogens (tertiary/aromatic N) is 3. The maximum Gasteiger partial charge on any atom is 0.255 e. The number of amides is 1. The monoisotopic (exact) mass is 362 g/mol. The van der Waals surface area contributed by atoms with E-state index in [0.29, 0.717) is 18.7 Å². The Morgan fingerprint density at radius 2 is 2.04 bits per heavy atom. The lowest BCUT2D eigenvalue weighted by atomic mass is 10.2. The van der Waals surface area contributed by atoms with Gasteiger partial charge >= 0.3 is 0 Å². The smallest absolute Gasteiger partial charge is 0.255 e. The zero-order chi connectivity index (χ0) is 19.0. The van der Waals surface area contributed by atoms with Gasteiger partial charge in [0.15, 0.2) is 0 Å². The first-order valence-electron chi connectivity index (χ1n) is 8.91. The highest BCUT2D eigenvalue weighted by Gasteiger charge is 2.20. The van der Waals surface area contributed by atoms with Crippen LogP contribution in [-0.2, 0) is 13.1 Å². The molecule has 0 saturated heterocycles. The molecule has 0 bridgehead atoms. The SMILES string of the molecule is Cc1cc(C(=O)N(C)Cc2nc3ccccc3[nH]2)c(C)n1Cc1ccco1. The van der Waals surface area contributed by atoms with Crippen LogP contribution in [0.3, 0.4) is 0 Å². The molecular formula is C21H22N4O2. The molecule has 6 nitrogen and oxygen atoms in total. The van der Waals surface area contributed by atoms with Crippen LogP contribution < -0.4 is 0 Å². The molecule has 3 aromatic heterocycles. The molecule has 1 N–H and O–H groups in total. The molecule has 4 rings (SSSR count). The van der Waals surface area contributed by atoms with Crippen molar-refractivity contribution in [3.8, 4) is 0 Å². The van der Waals surface area contributed by atoms with Crippen molar-refractivity contribution in [2.24, 2.45) is 0 Å². The van der Waals surface area contributed by atoms with E-state index in [-0.39, 0.29) is 5.91 Å². The van der Waals surface area contributed by atoms with Crippen molar-refractivity contribution in [3.63, 3.8) is 0 Å². The minimum absolute atomic E-state index is 0.0192. The minimum atomic E-state index is -0.0192. The van der Waals surface area contributed by atoms with Crippen LogP contribution in [0.2, 0.25) is 0 Å². The number of furan rings is 1. The summed E-state index contributed by atoms with van der Waals surface area (Å²) >= 11 is 0. The first-order valence-corrected chi connectivity index (χ1v) is 8.91. The van der Waals surface area contributed by atoms with E-state index in [2.05, 4.69) is 14.5 Å². The molecule has 4 aromatic rings. The zero-order valence-corrected chi connectivity index (χ0v) is 15.7. The molecule has 0 fully saturated rings. The summed E-state index contributed by atoms with van der Waals surface area (Å²) < 4.78 is 7.54. The summed E-state index contributed by atoms with van der Waals surface area (Å²) in [4.78, 5) is 22.5. The van der Waals surface area contributed by atoms with Gasteiger partial charge in [0.1, 0.15) is 11.6 Å². The van der Waals surface area contributed by atoms with Gasteiger partial charge < -0.3 is 18.9 Å². The van der Waals surface area contributed by atoms with E-state index in [1.165, 1.54) is 0 Å². The molecule has 0 unspecified atom stereocenters. The number of carbonyl (C=O) groups is 1. The van der Waals surface area contributed by atoms with E-state index >= 15 is 0 Å². The molecule has 1 amide bonds. The van der Waals surface area contributed by atoms with Gasteiger partial charge in [-0.1, -0.05) is 12.1 Å². The number of aromatic amines is 1. The third-order valence-corrected chi connectivity index (χ3v) is 4.87. The van der Waals surface area contributed by atoms with Crippen molar-refractivity contribution >= 4 is 16.9 Å². The highest BCUT2D eigenvalue weighted by atomic mass is 16.3. The molecule has 0 spiro atoms. The number of rotatable bonds is 5. The predicted molar refractivity (Wildman–Crippen MR) is 104 cm³/mol. The first kappa shape index (κ1) is 17.1. The quantitative estimate of drug-likeness (QED) is 0.586. The average Bonchev–Trinajstić information content (AvgIpc) is 3.36. The summed E-state index contributed by atoms with van der Waals surface area (Å²) in [7, 11) is 1.80. The van der Waals surface area contributed by atoms with Crippen LogP contribution in [0, 0.1) is 13.8 Å². The van der Waals surface area contributed by atoms with Crippen molar-refractivity contribution in [2.75, 3.05) is 7.05 Å². The number of fused-ring (bicyclic) bond motifs is 1. The number of H-pyrrole nitrogens is 1. The van der Waals surface area contributed by atoms with Crippen molar-refractivity contribution in [1.29, 1.82) is 0 Å². The summed E-state index contributed by atoms with van der Waals surface area (Å²) in [5.41, 5.74) is 4.56. The van der Waals surface area contributed by atoms with Gasteiger partial charge in [-0.3, -0.25) is 4.79 Å². The van der Waals surface area contributed by atoms with E-state index in [1.54, 1.807) is 18.2 Å². The number of nitrogens with one attached hydrogen (secondary N) is 1. The summed E-state index contributed by atoms with van der Waals surface area (Å²) in [6, 6.07) is 13.6. The molecular weight excluding hydrogens is 340 g/mol. The Morgan fingerprint density at radius 3 is 2.78 bits per heavy atom. The lowest BCUT2D eigenvalue weighted by molar-refractivity contribution is 0.0781. The molecule has 138 valence electrons. The second-order valence-electron chi connectivity index (χ2n) is 6.81. The Morgan fingerprint density at radius 1 is 1.22 bits per heavy atom. The summed E-state index contributed by atoms with van der Waals surface area (Å²) in [6.45, 7) is 5.02. The number of para-hydroxylation sites is 2. The van der Waals surface area contributed by atoms with Gasteiger partial charge in [-0.2, -0.15) is 0 Å². The van der Waals surface area contributed by atoms with Gasteiger partial charge in [0.25, 0.3) is 5.91 Å². The minimum Gasteiger partial charge on any atom is -0.467 e. The molecule has 0 aliphatic heterocycles. The fraction of sp³-hybridized carbons (Fsp3) is 0.238. The van der Waals surface area contributed by atoms with Crippen LogP contribution in [0.15, 0.2) is 53.1 Å². The van der Waals surface area contributed by atoms with Gasteiger partial charge in [-0.25, -0.2) is 4.98 Å². The van der Waals surface area contributed by atoms with E-state index in [0.717, 1.165) is 34.0 Å². The van der Waals surface area contributed by atoms with E-state index in [1.807, 2.05) is 56.3 Å². The van der Waals surface area contributed by atoms with Crippen LogP contribution in [0.5, 0.6) is 0 Å². The normalized spacial score (nSPS) is 11.2. The van der Waals surface area contributed by atoms with Crippen molar-refractivity contribution in [1.82, 2.24) is 19.4 Å². The maximum atomic E-state index is 13.0. The van der Waals surface area contributed by atoms with E-state index in [4.69, 9.17) is 4.42 Å². The van der Waals surface area contributed by atoms with E-state index < -0.39 is 0 Å². The number of imidazole rings is 1. The van der Waals surface area contributed by atoms with Gasteiger partial charge in [-0.05, 0) is 44.2 Å². The molecule has 27 heavy (non-hydrogen) atoms. The van der Waals surface area contributed by atoms with Gasteiger partial charge in [0, 0.05) is 18.4 Å². The topological polar surface area (TPSA) is 67.1 Å². The van der Waals surface area contributed by atoms with Gasteiger partial charge in [-0.15, -0.1) is 0 Å². The number of aromatic nitrogens is 3. The third-order valence-electron chi connectivity index (χ3n) is 4.87. The maximum absolute atomic E-state index is 13.0. The molecule has 0 radical (unpaired) electrons. The average molecular weight is 362 g/mol. The lowest BCUT2D eigenvalue weighted by Gasteiger charge is -2.16. The Balaban J connectivity index is 1.54. The number of carbonyl (C=O) groups excluding carboxylic acids is 1. The van der Waals surface area contributed by atoms with Gasteiger partial charge in [0.2, 0.25) is 0 Å². The molecule has 0 aliphatic rings. The Labute approximate surface area is 157 Å². The summed E-state index contributed by atoms with van der Waals surface area (Å²) in [5, 5.41) is 0. The van der Waals surface area contributed by atoms with Crippen molar-refractivity contribution in [3.05, 3.63) is 77.3 Å². The fourth-order valence-corrected chi connectivity index (χ4v) is 3.40. The lowest BCUT2D eigenvalue weighted by Crippen LogP contribution is -2.27. The standard InChI is InChI=1S/C21H22N4O2/c1-14-11-17(15(2)25(14)12-16-7-6-10-27-16)21(26)24(3)13-20-22-18-8-4-5-9-19(18)23-20/h4-11H,12-13H2,1-3H3,(H,22,23). The molecule has 6 heteroatoms. The van der Waals surface area contributed by atoms with Gasteiger partial charge in [0.05, 0.1) is 35.9 Å². The van der Waals surface area contributed by atoms with Crippen LogP contribution >= 0.6 is 0 Å². The second kappa shape index (κ2) is 6.79. The van der Waals surface area contributed by atoms with Crippen molar-refractivity contribution < 1.29 is 9.21 Å². The Hall–Kier alpha value is -3.28. The van der Waals surface area contributed by atoms with Crippen LogP contribution in [0.25, 0.3) is 11.0 Å². The van der Waals surface area contributed by atoms with Crippen molar-refractivity contribution in [2.45, 2.75) is 26.9 Å². The molecule has 1 aromatic carbocycles. The number of aryl methyl sites for hydroxylation is 1. The Kier molecular flexibility index (Phi) is 4.32. The number of hydrogen-bond donors (Lipinski definition) is 1. The number of benzene rings is 1.